The number of hydrogen-bond acceptors (Lipinski definition) is 4. The van der Waals surface area contributed by atoms with Crippen molar-refractivity contribution in [2.45, 2.75) is 6.42 Å². The van der Waals surface area contributed by atoms with Crippen molar-refractivity contribution in [2.24, 2.45) is 7.05 Å². The normalized spacial score (nSPS) is 11.5. The van der Waals surface area contributed by atoms with Crippen molar-refractivity contribution in [3.63, 3.8) is 0 Å². The molecule has 0 atom stereocenters. The fraction of sp³-hybridized carbons (Fsp3) is 0.160. The van der Waals surface area contributed by atoms with E-state index in [1.54, 1.807) is 35.7 Å². The lowest BCUT2D eigenvalue weighted by Gasteiger charge is -2.10. The summed E-state index contributed by atoms with van der Waals surface area (Å²) in [7, 11) is 3.42. The zero-order valence-corrected chi connectivity index (χ0v) is 18.5. The molecule has 0 aliphatic heterocycles. The number of rotatable bonds is 5. The molecular formula is C25H21ClN4O2. The zero-order valence-electron chi connectivity index (χ0n) is 17.7. The fourth-order valence-electron chi connectivity index (χ4n) is 4.04. The Hall–Kier alpha value is -3.48. The van der Waals surface area contributed by atoms with Crippen molar-refractivity contribution in [3.05, 3.63) is 88.2 Å². The van der Waals surface area contributed by atoms with E-state index < -0.39 is 0 Å². The van der Waals surface area contributed by atoms with Gasteiger partial charge in [-0.25, -0.2) is 4.79 Å². The molecule has 0 unspecified atom stereocenters. The van der Waals surface area contributed by atoms with Crippen LogP contribution in [-0.2, 0) is 18.2 Å². The first kappa shape index (κ1) is 20.4. The SMILES string of the molecule is COCCc1ccc(-n2c(=O)n(C)c3cnc4ccc(-c5cccnc5)cc4c32)c(Cl)c1. The van der Waals surface area contributed by atoms with Crippen molar-refractivity contribution in [3.8, 4) is 16.8 Å². The summed E-state index contributed by atoms with van der Waals surface area (Å²) < 4.78 is 8.44. The number of pyridine rings is 2. The minimum absolute atomic E-state index is 0.173. The summed E-state index contributed by atoms with van der Waals surface area (Å²) in [6.07, 6.45) is 6.06. The monoisotopic (exact) mass is 444 g/mol. The van der Waals surface area contributed by atoms with Gasteiger partial charge in [-0.2, -0.15) is 0 Å². The quantitative estimate of drug-likeness (QED) is 0.391. The van der Waals surface area contributed by atoms with Gasteiger partial charge in [-0.1, -0.05) is 29.8 Å². The van der Waals surface area contributed by atoms with E-state index >= 15 is 0 Å². The molecule has 3 heterocycles. The molecule has 0 fully saturated rings. The van der Waals surface area contributed by atoms with Gasteiger partial charge in [0.2, 0.25) is 0 Å². The van der Waals surface area contributed by atoms with Crippen molar-refractivity contribution in [1.82, 2.24) is 19.1 Å². The van der Waals surface area contributed by atoms with Crippen LogP contribution in [0.2, 0.25) is 5.02 Å². The van der Waals surface area contributed by atoms with E-state index in [2.05, 4.69) is 16.0 Å². The number of fused-ring (bicyclic) bond motifs is 3. The Bertz CT molecular complexity index is 1510. The lowest BCUT2D eigenvalue weighted by atomic mass is 10.0. The van der Waals surface area contributed by atoms with Gasteiger partial charge in [-0.05, 0) is 47.9 Å². The van der Waals surface area contributed by atoms with Gasteiger partial charge < -0.3 is 4.74 Å². The van der Waals surface area contributed by atoms with Gasteiger partial charge in [0.1, 0.15) is 0 Å². The van der Waals surface area contributed by atoms with Crippen molar-refractivity contribution < 1.29 is 4.74 Å². The highest BCUT2D eigenvalue weighted by atomic mass is 35.5. The molecule has 0 aliphatic rings. The second-order valence-corrected chi connectivity index (χ2v) is 8.08. The van der Waals surface area contributed by atoms with Crippen LogP contribution in [0.25, 0.3) is 38.8 Å². The molecule has 0 N–H and O–H groups in total. The first-order valence-electron chi connectivity index (χ1n) is 10.3. The van der Waals surface area contributed by atoms with E-state index in [0.717, 1.165) is 45.0 Å². The second-order valence-electron chi connectivity index (χ2n) is 7.67. The maximum absolute atomic E-state index is 13.3. The van der Waals surface area contributed by atoms with E-state index in [9.17, 15) is 4.79 Å². The summed E-state index contributed by atoms with van der Waals surface area (Å²) in [6, 6.07) is 15.7. The molecule has 2 aromatic carbocycles. The molecule has 160 valence electrons. The first-order valence-corrected chi connectivity index (χ1v) is 10.6. The van der Waals surface area contributed by atoms with Crippen molar-refractivity contribution >= 4 is 33.5 Å². The highest BCUT2D eigenvalue weighted by Crippen LogP contribution is 2.31. The molecule has 6 nitrogen and oxygen atoms in total. The minimum Gasteiger partial charge on any atom is -0.384 e. The molecule has 5 aromatic rings. The van der Waals surface area contributed by atoms with Gasteiger partial charge in [0.25, 0.3) is 0 Å². The molecule has 0 spiro atoms. The summed E-state index contributed by atoms with van der Waals surface area (Å²) in [5.74, 6) is 0. The Morgan fingerprint density at radius 3 is 2.69 bits per heavy atom. The number of benzene rings is 2. The van der Waals surface area contributed by atoms with Gasteiger partial charge >= 0.3 is 5.69 Å². The van der Waals surface area contributed by atoms with Crippen molar-refractivity contribution in [2.75, 3.05) is 13.7 Å². The zero-order chi connectivity index (χ0) is 22.2. The van der Waals surface area contributed by atoms with Gasteiger partial charge in [-0.3, -0.25) is 19.1 Å². The molecule has 0 bridgehead atoms. The first-order chi connectivity index (χ1) is 15.6. The third-order valence-electron chi connectivity index (χ3n) is 5.73. The summed E-state index contributed by atoms with van der Waals surface area (Å²) in [5, 5.41) is 1.39. The molecule has 7 heteroatoms. The fourth-order valence-corrected chi connectivity index (χ4v) is 4.33. The number of methoxy groups -OCH3 is 1. The lowest BCUT2D eigenvalue weighted by molar-refractivity contribution is 0.202. The maximum atomic E-state index is 13.3. The minimum atomic E-state index is -0.173. The standard InChI is InChI=1S/C25H21ClN4O2/c1-29-23-15-28-21-7-6-17(18-4-3-10-27-14-18)13-19(21)24(23)30(25(29)31)22-8-5-16(9-11-32-2)12-20(22)26/h3-8,10,12-15H,9,11H2,1-2H3. The average Bonchev–Trinajstić information content (AvgIpc) is 3.08. The Balaban J connectivity index is 1.78. The highest BCUT2D eigenvalue weighted by Gasteiger charge is 2.18. The molecule has 32 heavy (non-hydrogen) atoms. The average molecular weight is 445 g/mol. The topological polar surface area (TPSA) is 61.9 Å². The van der Waals surface area contributed by atoms with Crippen LogP contribution >= 0.6 is 11.6 Å². The Kier molecular flexibility index (Phi) is 5.25. The van der Waals surface area contributed by atoms with Gasteiger partial charge in [-0.15, -0.1) is 0 Å². The number of halogens is 1. The Morgan fingerprint density at radius 1 is 1.06 bits per heavy atom. The van der Waals surface area contributed by atoms with Gasteiger partial charge in [0, 0.05) is 37.5 Å². The highest BCUT2D eigenvalue weighted by molar-refractivity contribution is 6.32. The van der Waals surface area contributed by atoms with E-state index in [4.69, 9.17) is 16.3 Å². The largest absolute Gasteiger partial charge is 0.384 e. The van der Waals surface area contributed by atoms with Crippen LogP contribution < -0.4 is 5.69 Å². The van der Waals surface area contributed by atoms with E-state index in [1.165, 1.54) is 0 Å². The maximum Gasteiger partial charge on any atom is 0.333 e. The van der Waals surface area contributed by atoms with E-state index in [1.807, 2.05) is 48.7 Å². The molecule has 0 saturated heterocycles. The second kappa shape index (κ2) is 8.22. The Labute approximate surface area is 189 Å². The van der Waals surface area contributed by atoms with Gasteiger partial charge in [0.15, 0.2) is 0 Å². The van der Waals surface area contributed by atoms with Crippen LogP contribution in [0.1, 0.15) is 5.56 Å². The number of imidazole rings is 1. The van der Waals surface area contributed by atoms with Crippen LogP contribution in [0.4, 0.5) is 0 Å². The van der Waals surface area contributed by atoms with E-state index in [0.29, 0.717) is 17.3 Å². The number of ether oxygens (including phenoxy) is 1. The molecule has 0 amide bonds. The molecule has 0 aliphatic carbocycles. The van der Waals surface area contributed by atoms with Gasteiger partial charge in [0.05, 0.1) is 40.1 Å². The van der Waals surface area contributed by atoms with Crippen LogP contribution in [0.5, 0.6) is 0 Å². The molecule has 0 saturated carbocycles. The predicted octanol–water partition coefficient (Wildman–Crippen LogP) is 4.78. The summed E-state index contributed by atoms with van der Waals surface area (Å²) >= 11 is 6.67. The van der Waals surface area contributed by atoms with Crippen LogP contribution in [0.15, 0.2) is 71.9 Å². The van der Waals surface area contributed by atoms with Crippen LogP contribution in [0, 0.1) is 0 Å². The van der Waals surface area contributed by atoms with Crippen LogP contribution in [0.3, 0.4) is 0 Å². The van der Waals surface area contributed by atoms with E-state index in [-0.39, 0.29) is 5.69 Å². The number of aryl methyl sites for hydroxylation is 1. The van der Waals surface area contributed by atoms with Crippen molar-refractivity contribution in [1.29, 1.82) is 0 Å². The number of aromatic nitrogens is 4. The Morgan fingerprint density at radius 2 is 1.94 bits per heavy atom. The summed E-state index contributed by atoms with van der Waals surface area (Å²) in [6.45, 7) is 0.608. The third kappa shape index (κ3) is 3.38. The summed E-state index contributed by atoms with van der Waals surface area (Å²) in [4.78, 5) is 22.1. The summed E-state index contributed by atoms with van der Waals surface area (Å²) in [5.41, 5.74) is 5.85. The lowest BCUT2D eigenvalue weighted by Crippen LogP contribution is -2.21. The predicted molar refractivity (Wildman–Crippen MR) is 128 cm³/mol. The molecule has 0 radical (unpaired) electrons. The number of nitrogens with zero attached hydrogens (tertiary/aromatic N) is 4. The third-order valence-corrected chi connectivity index (χ3v) is 6.03. The molecule has 5 rings (SSSR count). The number of hydrogen-bond donors (Lipinski definition) is 0. The smallest absolute Gasteiger partial charge is 0.333 e. The molecule has 3 aromatic heterocycles. The van der Waals surface area contributed by atoms with Crippen LogP contribution in [-0.4, -0.2) is 32.8 Å². The molecular weight excluding hydrogens is 424 g/mol.